The molecule has 236 valence electrons. The highest BCUT2D eigenvalue weighted by Crippen LogP contribution is 2.31. The van der Waals surface area contributed by atoms with Gasteiger partial charge in [-0.15, -0.1) is 0 Å². The Kier molecular flexibility index (Phi) is 12.1. The third kappa shape index (κ3) is 8.62. The van der Waals surface area contributed by atoms with Crippen LogP contribution in [0.5, 0.6) is 0 Å². The lowest BCUT2D eigenvalue weighted by molar-refractivity contribution is -0.136. The molecule has 0 radical (unpaired) electrons. The van der Waals surface area contributed by atoms with Crippen LogP contribution in [-0.2, 0) is 28.8 Å². The summed E-state index contributed by atoms with van der Waals surface area (Å²) >= 11 is 2.65. The number of hydrogen-bond acceptors (Lipinski definition) is 9. The van der Waals surface area contributed by atoms with Crippen LogP contribution in [0.15, 0.2) is 0 Å². The maximum atomic E-state index is 13.8. The van der Waals surface area contributed by atoms with Gasteiger partial charge in [-0.1, -0.05) is 32.5 Å². The molecule has 5 atom stereocenters. The molecule has 0 aromatic carbocycles. The monoisotopic (exact) mass is 626 g/mol. The zero-order chi connectivity index (χ0) is 31.2. The van der Waals surface area contributed by atoms with Crippen LogP contribution in [0, 0.1) is 5.92 Å². The van der Waals surface area contributed by atoms with E-state index >= 15 is 0 Å². The summed E-state index contributed by atoms with van der Waals surface area (Å²) in [5, 5.41) is 11.1. The summed E-state index contributed by atoms with van der Waals surface area (Å²) < 4.78 is 0. The second kappa shape index (κ2) is 14.9. The molecule has 3 heterocycles. The van der Waals surface area contributed by atoms with Crippen molar-refractivity contribution in [2.45, 2.75) is 96.1 Å². The van der Waals surface area contributed by atoms with Gasteiger partial charge in [-0.3, -0.25) is 33.7 Å². The highest BCUT2D eigenvalue weighted by molar-refractivity contribution is 8.13. The molecule has 4 N–H and O–H groups in total. The number of nitrogens with zero attached hydrogens (tertiary/aromatic N) is 2. The predicted octanol–water partition coefficient (Wildman–Crippen LogP) is 0.103. The largest absolute Gasteiger partial charge is 0.345 e. The van der Waals surface area contributed by atoms with Crippen molar-refractivity contribution >= 4 is 58.2 Å². The normalized spacial score (nSPS) is 27.7. The molecule has 0 aliphatic carbocycles. The molecule has 12 nitrogen and oxygen atoms in total. The van der Waals surface area contributed by atoms with Crippen molar-refractivity contribution in [2.24, 2.45) is 5.92 Å². The number of carbonyl (C=O) groups excluding carboxylic acids is 6. The quantitative estimate of drug-likeness (QED) is 0.261. The van der Waals surface area contributed by atoms with E-state index in [-0.39, 0.29) is 29.4 Å². The number of rotatable bonds is 9. The first-order valence-electron chi connectivity index (χ1n) is 14.7. The molecule has 3 aliphatic heterocycles. The number of amides is 5. The average molecular weight is 627 g/mol. The molecule has 0 bridgehead atoms. The van der Waals surface area contributed by atoms with E-state index in [1.165, 1.54) is 16.7 Å². The number of hydrogen-bond donors (Lipinski definition) is 4. The lowest BCUT2D eigenvalue weighted by atomic mass is 10.0. The summed E-state index contributed by atoms with van der Waals surface area (Å²) in [7, 11) is 0. The van der Waals surface area contributed by atoms with Gasteiger partial charge < -0.3 is 26.2 Å². The van der Waals surface area contributed by atoms with E-state index in [0.717, 1.165) is 11.8 Å². The predicted molar refractivity (Wildman–Crippen MR) is 164 cm³/mol. The van der Waals surface area contributed by atoms with Gasteiger partial charge in [0.25, 0.3) is 0 Å². The molecule has 3 rings (SSSR count). The van der Waals surface area contributed by atoms with Gasteiger partial charge in [0, 0.05) is 6.54 Å². The van der Waals surface area contributed by atoms with E-state index in [1.54, 1.807) is 18.7 Å². The fourth-order valence-electron chi connectivity index (χ4n) is 5.54. The first-order chi connectivity index (χ1) is 19.8. The van der Waals surface area contributed by atoms with Gasteiger partial charge >= 0.3 is 0 Å². The Balaban J connectivity index is 1.95. The van der Waals surface area contributed by atoms with Crippen molar-refractivity contribution in [1.29, 1.82) is 0 Å². The van der Waals surface area contributed by atoms with Gasteiger partial charge in [-0.25, -0.2) is 0 Å². The van der Waals surface area contributed by atoms with Crippen LogP contribution < -0.4 is 21.3 Å². The summed E-state index contributed by atoms with van der Waals surface area (Å²) in [5.41, 5.74) is -1.16. The zero-order valence-electron chi connectivity index (χ0n) is 25.5. The highest BCUT2D eigenvalue weighted by Gasteiger charge is 2.53. The van der Waals surface area contributed by atoms with Gasteiger partial charge in [0.05, 0.1) is 18.6 Å². The van der Waals surface area contributed by atoms with Crippen LogP contribution >= 0.6 is 23.5 Å². The number of carbonyl (C=O) groups is 6. The van der Waals surface area contributed by atoms with Gasteiger partial charge in [-0.05, 0) is 69.8 Å². The molecule has 0 saturated carbocycles. The lowest BCUT2D eigenvalue weighted by Crippen LogP contribution is -2.61. The Morgan fingerprint density at radius 1 is 1.07 bits per heavy atom. The summed E-state index contributed by atoms with van der Waals surface area (Å²) in [5.74, 6) is -0.839. The Morgan fingerprint density at radius 3 is 2.40 bits per heavy atom. The molecule has 3 aliphatic rings. The molecule has 42 heavy (non-hydrogen) atoms. The second-order valence-corrected chi connectivity index (χ2v) is 14.3. The number of thioether (sulfide) groups is 2. The van der Waals surface area contributed by atoms with Crippen molar-refractivity contribution in [3.05, 3.63) is 0 Å². The zero-order valence-corrected chi connectivity index (χ0v) is 27.1. The smallest absolute Gasteiger partial charge is 0.243 e. The summed E-state index contributed by atoms with van der Waals surface area (Å²) in [6, 6.07) is -3.82. The van der Waals surface area contributed by atoms with Gasteiger partial charge in [0.1, 0.15) is 23.7 Å². The third-order valence-corrected chi connectivity index (χ3v) is 9.48. The molecule has 0 aromatic rings. The van der Waals surface area contributed by atoms with Crippen LogP contribution in [-0.4, -0.2) is 118 Å². The minimum absolute atomic E-state index is 0.0817. The van der Waals surface area contributed by atoms with E-state index in [1.807, 2.05) is 27.0 Å². The van der Waals surface area contributed by atoms with Crippen LogP contribution in [0.3, 0.4) is 0 Å². The molecule has 5 amide bonds. The third-order valence-electron chi connectivity index (χ3n) is 7.78. The fourth-order valence-corrected chi connectivity index (χ4v) is 6.69. The van der Waals surface area contributed by atoms with E-state index in [9.17, 15) is 28.8 Å². The maximum absolute atomic E-state index is 13.8. The Bertz CT molecular complexity index is 1060. The minimum atomic E-state index is -1.16. The van der Waals surface area contributed by atoms with E-state index in [4.69, 9.17) is 0 Å². The van der Waals surface area contributed by atoms with Crippen molar-refractivity contribution in [3.63, 3.8) is 0 Å². The molecule has 0 aromatic heterocycles. The average Bonchev–Trinajstić information content (AvgIpc) is 3.54. The van der Waals surface area contributed by atoms with Gasteiger partial charge in [0.2, 0.25) is 34.7 Å². The SMILES string of the molecule is CCSC(=O)C(C)(C)NC(=O)[C@H]1[C@@H]2CN2C(=O)CNC(=O)[C@H](CCSC)NC(=O)[C@H](CC(C)C)NC(=O)[C@@H]2CCCN21. The molecule has 3 saturated heterocycles. The topological polar surface area (TPSA) is 157 Å². The first-order valence-corrected chi connectivity index (χ1v) is 17.1. The summed E-state index contributed by atoms with van der Waals surface area (Å²) in [6.07, 6.45) is 3.77. The molecule has 14 heteroatoms. The summed E-state index contributed by atoms with van der Waals surface area (Å²) in [4.78, 5) is 83.2. The fraction of sp³-hybridized carbons (Fsp3) is 0.786. The Morgan fingerprint density at radius 2 is 1.76 bits per heavy atom. The van der Waals surface area contributed by atoms with Crippen LogP contribution in [0.4, 0.5) is 0 Å². The second-order valence-electron chi connectivity index (χ2n) is 12.0. The minimum Gasteiger partial charge on any atom is -0.345 e. The van der Waals surface area contributed by atoms with E-state index in [0.29, 0.717) is 50.3 Å². The lowest BCUT2D eigenvalue weighted by Gasteiger charge is -2.34. The van der Waals surface area contributed by atoms with Crippen molar-refractivity contribution in [3.8, 4) is 0 Å². The summed E-state index contributed by atoms with van der Waals surface area (Å²) in [6.45, 7) is 9.50. The van der Waals surface area contributed by atoms with Crippen molar-refractivity contribution < 1.29 is 28.8 Å². The Labute approximate surface area is 257 Å². The standard InChI is InChI=1S/C28H46N6O6S2/c1-7-42-27(40)28(4,5)32-26(39)22-20-15-34(20)21(35)14-29-23(36)17(10-12-41-6)30-24(37)18(13-16(2)3)31-25(38)19-9-8-11-33(19)22/h16-20,22H,7-15H2,1-6H3,(H,29,36)(H,30,37)(H,31,38)(H,32,39)/t17-,18-,19-,20-,22+,34?/m0/s1. The van der Waals surface area contributed by atoms with Crippen molar-refractivity contribution in [1.82, 2.24) is 31.1 Å². The number of fused-ring (bicyclic) bond motifs is 2. The van der Waals surface area contributed by atoms with Crippen LogP contribution in [0.25, 0.3) is 0 Å². The van der Waals surface area contributed by atoms with Gasteiger partial charge in [0.15, 0.2) is 0 Å². The number of nitrogens with one attached hydrogen (secondary N) is 4. The molecule has 0 unspecified atom stereocenters. The maximum Gasteiger partial charge on any atom is 0.243 e. The van der Waals surface area contributed by atoms with Crippen molar-refractivity contribution in [2.75, 3.05) is 37.4 Å². The van der Waals surface area contributed by atoms with E-state index in [2.05, 4.69) is 21.3 Å². The Hall–Kier alpha value is -2.32. The molecular formula is C28H46N6O6S2. The van der Waals surface area contributed by atoms with Crippen LogP contribution in [0.2, 0.25) is 0 Å². The molecule has 0 spiro atoms. The first kappa shape index (κ1) is 34.2. The van der Waals surface area contributed by atoms with Crippen LogP contribution in [0.1, 0.15) is 60.3 Å². The highest BCUT2D eigenvalue weighted by atomic mass is 32.2. The molecule has 3 fully saturated rings. The van der Waals surface area contributed by atoms with Gasteiger partial charge in [-0.2, -0.15) is 11.8 Å². The van der Waals surface area contributed by atoms with E-state index < -0.39 is 53.5 Å². The molecular weight excluding hydrogens is 580 g/mol.